The van der Waals surface area contributed by atoms with E-state index in [4.69, 9.17) is 0 Å². The molecule has 9 nitrogen and oxygen atoms in total. The molecule has 0 saturated carbocycles. The molecule has 0 bridgehead atoms. The van der Waals surface area contributed by atoms with Crippen LogP contribution in [0.15, 0.2) is 0 Å². The van der Waals surface area contributed by atoms with E-state index >= 15 is 0 Å². The molecule has 0 radical (unpaired) electrons. The first-order valence-electron chi connectivity index (χ1n) is 2.45. The van der Waals surface area contributed by atoms with Crippen molar-refractivity contribution in [3.8, 4) is 0 Å². The number of rotatable bonds is 0. The zero-order valence-electron chi connectivity index (χ0n) is 6.38. The second-order valence-electron chi connectivity index (χ2n) is 1.31. The maximum atomic E-state index is 10.1. The Morgan fingerprint density at radius 1 is 0.714 bits per heavy atom. The van der Waals surface area contributed by atoms with Crippen LogP contribution in [0.5, 0.6) is 0 Å². The largest absolute Gasteiger partial charge is 2.00 e. The SMILES string of the molecule is O=C([O-])OC(=O)OC(=O)OC(=O)[O-].[Mg+2]. The van der Waals surface area contributed by atoms with E-state index in [0.29, 0.717) is 0 Å². The maximum Gasteiger partial charge on any atom is 2.00 e. The van der Waals surface area contributed by atoms with Gasteiger partial charge in [0.1, 0.15) is 0 Å². The van der Waals surface area contributed by atoms with Crippen molar-refractivity contribution in [3.05, 3.63) is 0 Å². The van der Waals surface area contributed by atoms with Crippen molar-refractivity contribution in [2.24, 2.45) is 0 Å². The molecule has 0 spiro atoms. The fourth-order valence-electron chi connectivity index (χ4n) is 0.246. The molecule has 10 heteroatoms. The second-order valence-corrected chi connectivity index (χ2v) is 1.31. The van der Waals surface area contributed by atoms with Crippen LogP contribution in [-0.2, 0) is 14.2 Å². The summed E-state index contributed by atoms with van der Waals surface area (Å²) in [6, 6.07) is 0. The summed E-state index contributed by atoms with van der Waals surface area (Å²) in [7, 11) is 0. The standard InChI is InChI=1S/C4H2O9.Mg/c5-1(6)11-3(9)13-4(10)12-2(7)8;/h(H,5,6)(H,7,8);/q;+2/p-2. The number of hydrogen-bond acceptors (Lipinski definition) is 9. The maximum absolute atomic E-state index is 10.1. The van der Waals surface area contributed by atoms with Crippen molar-refractivity contribution in [1.29, 1.82) is 0 Å². The average molecular weight is 216 g/mol. The Morgan fingerprint density at radius 2 is 1.00 bits per heavy atom. The van der Waals surface area contributed by atoms with E-state index in [-0.39, 0.29) is 23.1 Å². The van der Waals surface area contributed by atoms with Gasteiger partial charge in [-0.05, 0) is 0 Å². The van der Waals surface area contributed by atoms with E-state index in [0.717, 1.165) is 0 Å². The van der Waals surface area contributed by atoms with E-state index in [1.54, 1.807) is 0 Å². The van der Waals surface area contributed by atoms with Crippen LogP contribution in [0.1, 0.15) is 0 Å². The molecule has 0 aliphatic heterocycles. The van der Waals surface area contributed by atoms with Crippen LogP contribution in [0, 0.1) is 0 Å². The first kappa shape index (κ1) is 14.9. The van der Waals surface area contributed by atoms with Crippen molar-refractivity contribution in [2.75, 3.05) is 0 Å². The van der Waals surface area contributed by atoms with E-state index in [2.05, 4.69) is 14.2 Å². The zero-order chi connectivity index (χ0) is 10.4. The van der Waals surface area contributed by atoms with Gasteiger partial charge in [-0.25, -0.2) is 9.59 Å². The number of hydrogen-bond donors (Lipinski definition) is 0. The van der Waals surface area contributed by atoms with Crippen LogP contribution in [-0.4, -0.2) is 47.7 Å². The fraction of sp³-hybridized carbons (Fsp3) is 0. The van der Waals surface area contributed by atoms with Crippen molar-refractivity contribution < 1.29 is 43.6 Å². The predicted octanol–water partition coefficient (Wildman–Crippen LogP) is -2.42. The number of carbonyl (C=O) groups excluding carboxylic acids is 4. The zero-order valence-corrected chi connectivity index (χ0v) is 7.80. The summed E-state index contributed by atoms with van der Waals surface area (Å²) < 4.78 is 9.57. The molecule has 0 atom stereocenters. The average Bonchev–Trinajstić information content (AvgIpc) is 1.80. The minimum absolute atomic E-state index is 0. The molecule has 0 saturated heterocycles. The topological polar surface area (TPSA) is 142 Å². The predicted molar refractivity (Wildman–Crippen MR) is 30.6 cm³/mol. The van der Waals surface area contributed by atoms with E-state index in [1.165, 1.54) is 0 Å². The number of ether oxygens (including phenoxy) is 3. The van der Waals surface area contributed by atoms with Crippen LogP contribution < -0.4 is 10.2 Å². The van der Waals surface area contributed by atoms with Gasteiger partial charge in [-0.3, -0.25) is 0 Å². The summed E-state index contributed by atoms with van der Waals surface area (Å²) in [4.78, 5) is 39.1. The van der Waals surface area contributed by atoms with Crippen LogP contribution in [0.3, 0.4) is 0 Å². The Labute approximate surface area is 91.7 Å². The van der Waals surface area contributed by atoms with Crippen molar-refractivity contribution >= 4 is 47.7 Å². The molecule has 0 aromatic rings. The molecule has 0 aliphatic carbocycles. The Hall–Kier alpha value is -1.55. The summed E-state index contributed by atoms with van der Waals surface area (Å²) in [5.74, 6) is 0. The third kappa shape index (κ3) is 8.54. The molecule has 0 aromatic heterocycles. The molecular formula is C4MgO9. The van der Waals surface area contributed by atoms with Gasteiger partial charge in [-0.1, -0.05) is 0 Å². The Bertz CT molecular complexity index is 232. The molecule has 0 unspecified atom stereocenters. The van der Waals surface area contributed by atoms with Gasteiger partial charge in [0.15, 0.2) is 0 Å². The summed E-state index contributed by atoms with van der Waals surface area (Å²) in [6.07, 6.45) is -8.53. The van der Waals surface area contributed by atoms with Gasteiger partial charge >= 0.3 is 35.4 Å². The van der Waals surface area contributed by atoms with Crippen molar-refractivity contribution in [2.45, 2.75) is 0 Å². The number of carbonyl (C=O) groups is 4. The van der Waals surface area contributed by atoms with Gasteiger partial charge < -0.3 is 34.0 Å². The third-order valence-electron chi connectivity index (χ3n) is 0.500. The van der Waals surface area contributed by atoms with E-state index < -0.39 is 24.6 Å². The summed E-state index contributed by atoms with van der Waals surface area (Å²) >= 11 is 0. The van der Waals surface area contributed by atoms with E-state index in [1.807, 2.05) is 0 Å². The Morgan fingerprint density at radius 3 is 1.21 bits per heavy atom. The molecule has 0 rings (SSSR count). The van der Waals surface area contributed by atoms with Gasteiger partial charge in [0.05, 0.1) is 0 Å². The minimum Gasteiger partial charge on any atom is -0.452 e. The smallest absolute Gasteiger partial charge is 0.452 e. The first-order valence-corrected chi connectivity index (χ1v) is 2.45. The van der Waals surface area contributed by atoms with Crippen LogP contribution in [0.4, 0.5) is 19.2 Å². The normalized spacial score (nSPS) is 7.71. The Kier molecular flexibility index (Phi) is 7.37. The third-order valence-corrected chi connectivity index (χ3v) is 0.500. The summed E-state index contributed by atoms with van der Waals surface area (Å²) in [5, 5.41) is 19.0. The molecule has 14 heavy (non-hydrogen) atoms. The molecule has 72 valence electrons. The van der Waals surface area contributed by atoms with Crippen molar-refractivity contribution in [1.82, 2.24) is 0 Å². The quantitative estimate of drug-likeness (QED) is 0.245. The van der Waals surface area contributed by atoms with Crippen LogP contribution >= 0.6 is 0 Å². The molecule has 0 aromatic carbocycles. The van der Waals surface area contributed by atoms with Gasteiger partial charge in [0, 0.05) is 0 Å². The molecular weight excluding hydrogens is 216 g/mol. The molecule has 0 heterocycles. The van der Waals surface area contributed by atoms with Gasteiger partial charge in [0.2, 0.25) is 0 Å². The molecule has 0 amide bonds. The van der Waals surface area contributed by atoms with Gasteiger partial charge in [-0.15, -0.1) is 0 Å². The molecule has 0 aliphatic rings. The second kappa shape index (κ2) is 6.91. The number of carboxylic acid groups (broad SMARTS) is 2. The van der Waals surface area contributed by atoms with Gasteiger partial charge in [-0.2, -0.15) is 0 Å². The van der Waals surface area contributed by atoms with Crippen molar-refractivity contribution in [3.63, 3.8) is 0 Å². The Balaban J connectivity index is 0. The van der Waals surface area contributed by atoms with E-state index in [9.17, 15) is 29.4 Å². The minimum atomic E-state index is -2.27. The van der Waals surface area contributed by atoms with Crippen LogP contribution in [0.2, 0.25) is 0 Å². The molecule has 0 N–H and O–H groups in total. The summed E-state index contributed by atoms with van der Waals surface area (Å²) in [5.41, 5.74) is 0. The van der Waals surface area contributed by atoms with Crippen LogP contribution in [0.25, 0.3) is 0 Å². The summed E-state index contributed by atoms with van der Waals surface area (Å²) in [6.45, 7) is 0. The fourth-order valence-corrected chi connectivity index (χ4v) is 0.246. The first-order chi connectivity index (χ1) is 5.91. The monoisotopic (exact) mass is 216 g/mol. The molecule has 0 fully saturated rings. The van der Waals surface area contributed by atoms with Gasteiger partial charge in [0.25, 0.3) is 12.3 Å².